The van der Waals surface area contributed by atoms with Gasteiger partial charge in [0.25, 0.3) is 0 Å². The van der Waals surface area contributed by atoms with E-state index in [0.717, 1.165) is 44.3 Å². The first kappa shape index (κ1) is 17.8. The second-order valence-electron chi connectivity index (χ2n) is 7.25. The molecule has 2 aliphatic rings. The van der Waals surface area contributed by atoms with Gasteiger partial charge >= 0.3 is 11.6 Å². The minimum absolute atomic E-state index is 0.178. The van der Waals surface area contributed by atoms with Gasteiger partial charge in [-0.15, -0.1) is 0 Å². The van der Waals surface area contributed by atoms with Crippen molar-refractivity contribution in [3.63, 3.8) is 0 Å². The molecule has 2 aliphatic heterocycles. The fraction of sp³-hybridized carbons (Fsp3) is 0.476. The molecular weight excluding hydrogens is 346 g/mol. The van der Waals surface area contributed by atoms with Gasteiger partial charge in [0.1, 0.15) is 17.3 Å². The van der Waals surface area contributed by atoms with Crippen LogP contribution in [0.3, 0.4) is 0 Å². The molecule has 0 spiro atoms. The quantitative estimate of drug-likeness (QED) is 0.469. The van der Waals surface area contributed by atoms with Gasteiger partial charge in [-0.05, 0) is 56.7 Å². The third kappa shape index (κ3) is 2.93. The number of anilines is 1. The SMILES string of the molecule is CCOC(=O)[C@H](C(C)=O)c1cc(=O)oc2c3c4c(cc12)CCCN4CCC3. The molecule has 0 saturated heterocycles. The van der Waals surface area contributed by atoms with Crippen molar-refractivity contribution >= 4 is 28.4 Å². The van der Waals surface area contributed by atoms with E-state index in [-0.39, 0.29) is 12.4 Å². The fourth-order valence-electron chi connectivity index (χ4n) is 4.47. The average Bonchev–Trinajstić information content (AvgIpc) is 2.63. The zero-order valence-electron chi connectivity index (χ0n) is 15.7. The Morgan fingerprint density at radius 2 is 1.96 bits per heavy atom. The second-order valence-corrected chi connectivity index (χ2v) is 7.25. The lowest BCUT2D eigenvalue weighted by Gasteiger charge is -2.37. The van der Waals surface area contributed by atoms with Crippen molar-refractivity contribution in [3.05, 3.63) is 39.2 Å². The smallest absolute Gasteiger partial charge is 0.336 e. The van der Waals surface area contributed by atoms with Crippen LogP contribution in [0.2, 0.25) is 0 Å². The Labute approximate surface area is 157 Å². The van der Waals surface area contributed by atoms with Crippen LogP contribution in [0.25, 0.3) is 11.0 Å². The first-order valence-electron chi connectivity index (χ1n) is 9.55. The van der Waals surface area contributed by atoms with E-state index in [1.54, 1.807) is 6.92 Å². The Kier molecular flexibility index (Phi) is 4.50. The van der Waals surface area contributed by atoms with Gasteiger partial charge in [-0.2, -0.15) is 0 Å². The number of fused-ring (bicyclic) bond motifs is 2. The number of benzene rings is 1. The summed E-state index contributed by atoms with van der Waals surface area (Å²) in [6, 6.07) is 3.27. The summed E-state index contributed by atoms with van der Waals surface area (Å²) in [5.74, 6) is -2.07. The summed E-state index contributed by atoms with van der Waals surface area (Å²) in [4.78, 5) is 39.4. The number of hydrogen-bond acceptors (Lipinski definition) is 6. The molecule has 0 aliphatic carbocycles. The lowest BCUT2D eigenvalue weighted by atomic mass is 9.86. The molecule has 0 fully saturated rings. The third-order valence-electron chi connectivity index (χ3n) is 5.50. The highest BCUT2D eigenvalue weighted by Crippen LogP contribution is 2.41. The molecule has 1 aromatic heterocycles. The summed E-state index contributed by atoms with van der Waals surface area (Å²) in [5.41, 5.74) is 3.77. The molecule has 4 rings (SSSR count). The molecule has 2 aromatic rings. The number of Topliss-reactive ketones (excluding diaryl/α,β-unsaturated/α-hetero) is 1. The number of ketones is 1. The van der Waals surface area contributed by atoms with Crippen LogP contribution in [0.5, 0.6) is 0 Å². The van der Waals surface area contributed by atoms with Crippen LogP contribution in [-0.4, -0.2) is 31.4 Å². The van der Waals surface area contributed by atoms with Crippen LogP contribution in [0.4, 0.5) is 5.69 Å². The van der Waals surface area contributed by atoms with E-state index in [1.165, 1.54) is 24.2 Å². The number of carbonyl (C=O) groups excluding carboxylic acids is 2. The molecule has 27 heavy (non-hydrogen) atoms. The largest absolute Gasteiger partial charge is 0.465 e. The molecule has 3 heterocycles. The van der Waals surface area contributed by atoms with E-state index in [1.807, 2.05) is 6.07 Å². The van der Waals surface area contributed by atoms with Crippen molar-refractivity contribution in [1.82, 2.24) is 0 Å². The van der Waals surface area contributed by atoms with Crippen molar-refractivity contribution < 1.29 is 18.7 Å². The van der Waals surface area contributed by atoms with Crippen molar-refractivity contribution in [1.29, 1.82) is 0 Å². The highest BCUT2D eigenvalue weighted by molar-refractivity contribution is 6.07. The molecule has 0 bridgehead atoms. The molecule has 0 saturated carbocycles. The van der Waals surface area contributed by atoms with Crippen molar-refractivity contribution in [2.24, 2.45) is 0 Å². The van der Waals surface area contributed by atoms with Crippen LogP contribution in [-0.2, 0) is 27.2 Å². The summed E-state index contributed by atoms with van der Waals surface area (Å²) in [5, 5.41) is 0.681. The molecule has 0 unspecified atom stereocenters. The lowest BCUT2D eigenvalue weighted by molar-refractivity contribution is -0.147. The minimum Gasteiger partial charge on any atom is -0.465 e. The number of esters is 1. The predicted molar refractivity (Wildman–Crippen MR) is 101 cm³/mol. The molecule has 6 heteroatoms. The van der Waals surface area contributed by atoms with Gasteiger partial charge in [-0.3, -0.25) is 9.59 Å². The summed E-state index contributed by atoms with van der Waals surface area (Å²) in [6.45, 7) is 5.24. The molecule has 0 N–H and O–H groups in total. The van der Waals surface area contributed by atoms with Crippen LogP contribution in [0.1, 0.15) is 49.3 Å². The lowest BCUT2D eigenvalue weighted by Crippen LogP contribution is -2.34. The number of ether oxygens (including phenoxy) is 1. The van der Waals surface area contributed by atoms with E-state index >= 15 is 0 Å². The van der Waals surface area contributed by atoms with Gasteiger partial charge in [-0.25, -0.2) is 4.79 Å². The highest BCUT2D eigenvalue weighted by atomic mass is 16.5. The summed E-state index contributed by atoms with van der Waals surface area (Å²) < 4.78 is 10.7. The first-order valence-corrected chi connectivity index (χ1v) is 9.55. The van der Waals surface area contributed by atoms with Gasteiger partial charge < -0.3 is 14.1 Å². The molecule has 6 nitrogen and oxygen atoms in total. The van der Waals surface area contributed by atoms with E-state index in [4.69, 9.17) is 9.15 Å². The fourth-order valence-corrected chi connectivity index (χ4v) is 4.47. The van der Waals surface area contributed by atoms with Crippen molar-refractivity contribution in [2.45, 2.75) is 45.4 Å². The van der Waals surface area contributed by atoms with Gasteiger partial charge in [0.2, 0.25) is 0 Å². The number of hydrogen-bond donors (Lipinski definition) is 0. The molecule has 0 amide bonds. The first-order chi connectivity index (χ1) is 13.0. The molecule has 142 valence electrons. The number of rotatable bonds is 4. The van der Waals surface area contributed by atoms with Crippen molar-refractivity contribution in [2.75, 3.05) is 24.6 Å². The average molecular weight is 369 g/mol. The van der Waals surface area contributed by atoms with Crippen LogP contribution < -0.4 is 10.5 Å². The van der Waals surface area contributed by atoms with Gasteiger partial charge in [0.05, 0.1) is 6.61 Å². The monoisotopic (exact) mass is 369 g/mol. The Balaban J connectivity index is 2.01. The van der Waals surface area contributed by atoms with E-state index in [0.29, 0.717) is 16.5 Å². The standard InChI is InChI=1S/C21H23NO5/c1-3-26-21(25)18(12(2)23)15-11-17(24)27-20-14-7-5-9-22-8-4-6-13(19(14)22)10-16(15)20/h10-11,18H,3-9H2,1-2H3/t18-/m1/s1. The summed E-state index contributed by atoms with van der Waals surface area (Å²) in [6.07, 6.45) is 3.83. The number of carbonyl (C=O) groups is 2. The zero-order chi connectivity index (χ0) is 19.1. The maximum absolute atomic E-state index is 12.5. The third-order valence-corrected chi connectivity index (χ3v) is 5.50. The van der Waals surface area contributed by atoms with Crippen LogP contribution in [0, 0.1) is 0 Å². The summed E-state index contributed by atoms with van der Waals surface area (Å²) >= 11 is 0. The van der Waals surface area contributed by atoms with E-state index in [2.05, 4.69) is 4.90 Å². The van der Waals surface area contributed by atoms with E-state index in [9.17, 15) is 14.4 Å². The van der Waals surface area contributed by atoms with Crippen LogP contribution in [0.15, 0.2) is 21.3 Å². The zero-order valence-corrected chi connectivity index (χ0v) is 15.7. The summed E-state index contributed by atoms with van der Waals surface area (Å²) in [7, 11) is 0. The molecule has 1 atom stereocenters. The van der Waals surface area contributed by atoms with Gasteiger partial charge in [0, 0.05) is 35.8 Å². The number of nitrogens with zero attached hydrogens (tertiary/aromatic N) is 1. The van der Waals surface area contributed by atoms with Gasteiger partial charge in [0.15, 0.2) is 0 Å². The Hall–Kier alpha value is -2.63. The van der Waals surface area contributed by atoms with Crippen molar-refractivity contribution in [3.8, 4) is 0 Å². The van der Waals surface area contributed by atoms with Gasteiger partial charge in [-0.1, -0.05) is 0 Å². The Morgan fingerprint density at radius 3 is 2.67 bits per heavy atom. The minimum atomic E-state index is -1.11. The van der Waals surface area contributed by atoms with Crippen LogP contribution >= 0.6 is 0 Å². The predicted octanol–water partition coefficient (Wildman–Crippen LogP) is 2.73. The molecule has 1 aromatic carbocycles. The topological polar surface area (TPSA) is 76.8 Å². The molecular formula is C21H23NO5. The maximum Gasteiger partial charge on any atom is 0.336 e. The Bertz CT molecular complexity index is 988. The van der Waals surface area contributed by atoms with E-state index < -0.39 is 17.5 Å². The number of aryl methyl sites for hydroxylation is 2. The second kappa shape index (κ2) is 6.83. The normalized spacial score (nSPS) is 16.7. The molecule has 0 radical (unpaired) electrons. The highest BCUT2D eigenvalue weighted by Gasteiger charge is 2.33. The maximum atomic E-state index is 12.5. The Morgan fingerprint density at radius 1 is 1.22 bits per heavy atom.